The van der Waals surface area contributed by atoms with E-state index in [4.69, 9.17) is 17.3 Å². The molecule has 0 bridgehead atoms. The fourth-order valence-electron chi connectivity index (χ4n) is 1.36. The van der Waals surface area contributed by atoms with Crippen molar-refractivity contribution in [3.63, 3.8) is 0 Å². The number of hydrogen-bond donors (Lipinski definition) is 1. The van der Waals surface area contributed by atoms with Gasteiger partial charge < -0.3 is 5.73 Å². The SMILES string of the molecule is Cc1cccc(Cl)c1CC[C@H](C)N. The zero-order valence-corrected chi connectivity index (χ0v) is 8.93. The van der Waals surface area contributed by atoms with Crippen LogP contribution < -0.4 is 5.73 Å². The minimum Gasteiger partial charge on any atom is -0.328 e. The summed E-state index contributed by atoms with van der Waals surface area (Å²) < 4.78 is 0. The molecule has 0 aromatic heterocycles. The molecule has 0 saturated heterocycles. The van der Waals surface area contributed by atoms with E-state index in [2.05, 4.69) is 13.0 Å². The molecule has 0 aliphatic carbocycles. The molecule has 1 nitrogen and oxygen atoms in total. The average molecular weight is 198 g/mol. The van der Waals surface area contributed by atoms with Crippen LogP contribution in [0.15, 0.2) is 18.2 Å². The lowest BCUT2D eigenvalue weighted by molar-refractivity contribution is 0.665. The zero-order chi connectivity index (χ0) is 9.84. The summed E-state index contributed by atoms with van der Waals surface area (Å²) in [4.78, 5) is 0. The normalized spacial score (nSPS) is 12.9. The van der Waals surface area contributed by atoms with Crippen LogP contribution in [0.3, 0.4) is 0 Å². The summed E-state index contributed by atoms with van der Waals surface area (Å²) in [6, 6.07) is 6.25. The van der Waals surface area contributed by atoms with Crippen molar-refractivity contribution >= 4 is 11.6 Å². The zero-order valence-electron chi connectivity index (χ0n) is 8.18. The van der Waals surface area contributed by atoms with Gasteiger partial charge in [0.1, 0.15) is 0 Å². The summed E-state index contributed by atoms with van der Waals surface area (Å²) in [6.07, 6.45) is 1.97. The highest BCUT2D eigenvalue weighted by Gasteiger charge is 2.04. The Hall–Kier alpha value is -0.530. The molecule has 0 spiro atoms. The van der Waals surface area contributed by atoms with E-state index in [1.54, 1.807) is 0 Å². The molecule has 1 rings (SSSR count). The third kappa shape index (κ3) is 3.02. The van der Waals surface area contributed by atoms with Crippen molar-refractivity contribution in [3.8, 4) is 0 Å². The van der Waals surface area contributed by atoms with Crippen LogP contribution >= 0.6 is 11.6 Å². The lowest BCUT2D eigenvalue weighted by atomic mass is 10.0. The molecule has 1 aromatic rings. The molecule has 0 aliphatic heterocycles. The Morgan fingerprint density at radius 3 is 2.69 bits per heavy atom. The minimum atomic E-state index is 0.246. The van der Waals surface area contributed by atoms with Gasteiger partial charge in [-0.2, -0.15) is 0 Å². The van der Waals surface area contributed by atoms with Gasteiger partial charge in [-0.3, -0.25) is 0 Å². The topological polar surface area (TPSA) is 26.0 Å². The molecule has 13 heavy (non-hydrogen) atoms. The molecule has 2 N–H and O–H groups in total. The van der Waals surface area contributed by atoms with E-state index in [1.165, 1.54) is 11.1 Å². The lowest BCUT2D eigenvalue weighted by Gasteiger charge is -2.09. The molecule has 0 aliphatic rings. The molecule has 0 amide bonds. The molecular formula is C11H16ClN. The quantitative estimate of drug-likeness (QED) is 0.793. The molecule has 0 radical (unpaired) electrons. The second-order valence-corrected chi connectivity index (χ2v) is 3.96. The summed E-state index contributed by atoms with van der Waals surface area (Å²) >= 11 is 6.07. The molecular weight excluding hydrogens is 182 g/mol. The van der Waals surface area contributed by atoms with E-state index in [9.17, 15) is 0 Å². The standard InChI is InChI=1S/C11H16ClN/c1-8-4-3-5-11(12)10(8)7-6-9(2)13/h3-5,9H,6-7,13H2,1-2H3/t9-/m0/s1. The van der Waals surface area contributed by atoms with Crippen molar-refractivity contribution in [1.82, 2.24) is 0 Å². The van der Waals surface area contributed by atoms with E-state index >= 15 is 0 Å². The van der Waals surface area contributed by atoms with Crippen molar-refractivity contribution in [2.75, 3.05) is 0 Å². The summed E-state index contributed by atoms with van der Waals surface area (Å²) in [6.45, 7) is 4.11. The highest BCUT2D eigenvalue weighted by Crippen LogP contribution is 2.21. The minimum absolute atomic E-state index is 0.246. The van der Waals surface area contributed by atoms with Crippen LogP contribution in [0, 0.1) is 6.92 Å². The van der Waals surface area contributed by atoms with Crippen molar-refractivity contribution in [2.45, 2.75) is 32.7 Å². The van der Waals surface area contributed by atoms with Crippen molar-refractivity contribution in [1.29, 1.82) is 0 Å². The molecule has 1 atom stereocenters. The van der Waals surface area contributed by atoms with Crippen LogP contribution in [0.1, 0.15) is 24.5 Å². The molecule has 1 aromatic carbocycles. The van der Waals surface area contributed by atoms with Crippen molar-refractivity contribution in [2.24, 2.45) is 5.73 Å². The smallest absolute Gasteiger partial charge is 0.0440 e. The van der Waals surface area contributed by atoms with Gasteiger partial charge in [-0.1, -0.05) is 23.7 Å². The van der Waals surface area contributed by atoms with Crippen LogP contribution in [-0.2, 0) is 6.42 Å². The van der Waals surface area contributed by atoms with Crippen LogP contribution in [0.5, 0.6) is 0 Å². The molecule has 72 valence electrons. The monoisotopic (exact) mass is 197 g/mol. The van der Waals surface area contributed by atoms with Crippen LogP contribution in [0.2, 0.25) is 5.02 Å². The van der Waals surface area contributed by atoms with Crippen LogP contribution in [-0.4, -0.2) is 6.04 Å². The van der Waals surface area contributed by atoms with E-state index < -0.39 is 0 Å². The van der Waals surface area contributed by atoms with Crippen LogP contribution in [0.25, 0.3) is 0 Å². The fourth-order valence-corrected chi connectivity index (χ4v) is 1.67. The van der Waals surface area contributed by atoms with Crippen molar-refractivity contribution in [3.05, 3.63) is 34.3 Å². The number of halogens is 1. The third-order valence-electron chi connectivity index (χ3n) is 2.20. The van der Waals surface area contributed by atoms with Gasteiger partial charge in [0.05, 0.1) is 0 Å². The highest BCUT2D eigenvalue weighted by molar-refractivity contribution is 6.31. The highest BCUT2D eigenvalue weighted by atomic mass is 35.5. The summed E-state index contributed by atoms with van der Waals surface area (Å²) in [5, 5.41) is 0.862. The molecule has 0 saturated carbocycles. The van der Waals surface area contributed by atoms with E-state index in [1.807, 2.05) is 19.1 Å². The lowest BCUT2D eigenvalue weighted by Crippen LogP contribution is -2.15. The number of benzene rings is 1. The summed E-state index contributed by atoms with van der Waals surface area (Å²) in [5.74, 6) is 0. The van der Waals surface area contributed by atoms with Gasteiger partial charge in [0.25, 0.3) is 0 Å². The maximum absolute atomic E-state index is 6.07. The Morgan fingerprint density at radius 1 is 1.46 bits per heavy atom. The van der Waals surface area contributed by atoms with Gasteiger partial charge in [0.15, 0.2) is 0 Å². The maximum atomic E-state index is 6.07. The molecule has 0 unspecified atom stereocenters. The summed E-state index contributed by atoms with van der Waals surface area (Å²) in [5.41, 5.74) is 8.19. The Bertz CT molecular complexity index is 261. The molecule has 0 heterocycles. The van der Waals surface area contributed by atoms with Crippen LogP contribution in [0.4, 0.5) is 0 Å². The Kier molecular flexibility index (Phi) is 3.76. The largest absolute Gasteiger partial charge is 0.328 e. The first-order chi connectivity index (χ1) is 6.11. The Balaban J connectivity index is 2.75. The third-order valence-corrected chi connectivity index (χ3v) is 2.56. The van der Waals surface area contributed by atoms with Gasteiger partial charge in [-0.15, -0.1) is 0 Å². The average Bonchev–Trinajstić information content (AvgIpc) is 2.03. The van der Waals surface area contributed by atoms with Gasteiger partial charge in [0, 0.05) is 11.1 Å². The number of hydrogen-bond acceptors (Lipinski definition) is 1. The second-order valence-electron chi connectivity index (χ2n) is 3.55. The molecule has 0 fully saturated rings. The first-order valence-electron chi connectivity index (χ1n) is 4.61. The fraction of sp³-hybridized carbons (Fsp3) is 0.455. The first kappa shape index (κ1) is 10.6. The van der Waals surface area contributed by atoms with Gasteiger partial charge in [0.2, 0.25) is 0 Å². The second kappa shape index (κ2) is 4.64. The Labute approximate surface area is 84.9 Å². The number of rotatable bonds is 3. The van der Waals surface area contributed by atoms with Gasteiger partial charge in [-0.05, 0) is 43.9 Å². The first-order valence-corrected chi connectivity index (χ1v) is 4.98. The summed E-state index contributed by atoms with van der Waals surface area (Å²) in [7, 11) is 0. The van der Waals surface area contributed by atoms with Crippen molar-refractivity contribution < 1.29 is 0 Å². The maximum Gasteiger partial charge on any atom is 0.0440 e. The van der Waals surface area contributed by atoms with Gasteiger partial charge in [-0.25, -0.2) is 0 Å². The van der Waals surface area contributed by atoms with Gasteiger partial charge >= 0.3 is 0 Å². The number of nitrogens with two attached hydrogens (primary N) is 1. The predicted molar refractivity (Wildman–Crippen MR) is 58.2 cm³/mol. The van der Waals surface area contributed by atoms with E-state index in [-0.39, 0.29) is 6.04 Å². The predicted octanol–water partition coefficient (Wildman–Crippen LogP) is 2.93. The van der Waals surface area contributed by atoms with E-state index in [0.717, 1.165) is 17.9 Å². The Morgan fingerprint density at radius 2 is 2.15 bits per heavy atom. The van der Waals surface area contributed by atoms with E-state index in [0.29, 0.717) is 0 Å². The molecule has 2 heteroatoms. The number of aryl methyl sites for hydroxylation is 1.